The molecule has 0 radical (unpaired) electrons. The van der Waals surface area contributed by atoms with Gasteiger partial charge >= 0.3 is 0 Å². The monoisotopic (exact) mass is 270 g/mol. The lowest BCUT2D eigenvalue weighted by Crippen LogP contribution is -2.55. The minimum Gasteiger partial charge on any atom is -0.351 e. The second-order valence-electron chi connectivity index (χ2n) is 7.01. The Morgan fingerprint density at radius 1 is 1.25 bits per heavy atom. The number of rotatable bonds is 2. The molecule has 2 heterocycles. The van der Waals surface area contributed by atoms with E-state index < -0.39 is 0 Å². The fraction of sp³-hybridized carbons (Fsp3) is 0.471. The number of nitrogens with zero attached hydrogens (tertiary/aromatic N) is 1. The van der Waals surface area contributed by atoms with Crippen molar-refractivity contribution >= 4 is 16.8 Å². The van der Waals surface area contributed by atoms with Gasteiger partial charge in [0, 0.05) is 24.0 Å². The van der Waals surface area contributed by atoms with Crippen LogP contribution in [0.4, 0.5) is 0 Å². The van der Waals surface area contributed by atoms with Gasteiger partial charge in [0.05, 0.1) is 0 Å². The lowest BCUT2D eigenvalue weighted by Gasteiger charge is -2.45. The first-order valence-electron chi connectivity index (χ1n) is 7.28. The number of carbonyl (C=O) groups is 1. The maximum atomic E-state index is 12.4. The molecule has 3 rings (SSSR count). The van der Waals surface area contributed by atoms with Gasteiger partial charge in [-0.25, -0.2) is 0 Å². The molecule has 3 nitrogen and oxygen atoms in total. The van der Waals surface area contributed by atoms with Crippen molar-refractivity contribution in [2.45, 2.75) is 33.6 Å². The van der Waals surface area contributed by atoms with E-state index in [0.717, 1.165) is 24.0 Å². The first kappa shape index (κ1) is 13.2. The molecule has 2 aromatic rings. The lowest BCUT2D eigenvalue weighted by molar-refractivity contribution is 0.0232. The highest BCUT2D eigenvalue weighted by Gasteiger charge is 2.37. The molecule has 0 aliphatic carbocycles. The van der Waals surface area contributed by atoms with Crippen molar-refractivity contribution in [3.05, 3.63) is 35.5 Å². The first-order valence-corrected chi connectivity index (χ1v) is 7.28. The Bertz CT molecular complexity index is 659. The zero-order valence-electron chi connectivity index (χ0n) is 12.7. The van der Waals surface area contributed by atoms with Crippen molar-refractivity contribution in [2.75, 3.05) is 13.1 Å². The summed E-state index contributed by atoms with van der Waals surface area (Å²) in [7, 11) is 0. The zero-order valence-corrected chi connectivity index (χ0v) is 12.7. The van der Waals surface area contributed by atoms with Crippen molar-refractivity contribution in [3.8, 4) is 0 Å². The number of hydrogen-bond acceptors (Lipinski definition) is 1. The molecule has 1 aliphatic rings. The third-order valence-electron chi connectivity index (χ3n) is 4.07. The number of nitrogens with one attached hydrogen (secondary N) is 1. The summed E-state index contributed by atoms with van der Waals surface area (Å²) in [4.78, 5) is 17.6. The Hall–Kier alpha value is -1.77. The molecule has 0 spiro atoms. The molecule has 0 bridgehead atoms. The maximum Gasteiger partial charge on any atom is 0.270 e. The van der Waals surface area contributed by atoms with E-state index in [1.165, 1.54) is 5.56 Å². The van der Waals surface area contributed by atoms with E-state index in [1.807, 2.05) is 11.0 Å². The van der Waals surface area contributed by atoms with Crippen LogP contribution in [0.25, 0.3) is 10.9 Å². The Morgan fingerprint density at radius 2 is 1.95 bits per heavy atom. The number of amides is 1. The molecule has 1 saturated heterocycles. The van der Waals surface area contributed by atoms with Crippen molar-refractivity contribution < 1.29 is 4.79 Å². The molecule has 3 heteroatoms. The van der Waals surface area contributed by atoms with E-state index in [4.69, 9.17) is 0 Å². The van der Waals surface area contributed by atoms with Gasteiger partial charge in [-0.2, -0.15) is 0 Å². The molecule has 1 fully saturated rings. The topological polar surface area (TPSA) is 36.1 Å². The molecule has 1 aliphatic heterocycles. The van der Waals surface area contributed by atoms with Crippen LogP contribution >= 0.6 is 0 Å². The minimum absolute atomic E-state index is 0.117. The van der Waals surface area contributed by atoms with Crippen LogP contribution in [0.1, 0.15) is 49.7 Å². The predicted molar refractivity (Wildman–Crippen MR) is 82.1 cm³/mol. The Balaban J connectivity index is 1.88. The van der Waals surface area contributed by atoms with Gasteiger partial charge in [-0.3, -0.25) is 4.79 Å². The number of carbonyl (C=O) groups excluding carboxylic acids is 1. The fourth-order valence-electron chi connectivity index (χ4n) is 2.92. The van der Waals surface area contributed by atoms with Crippen molar-refractivity contribution in [2.24, 2.45) is 5.41 Å². The highest BCUT2D eigenvalue weighted by molar-refractivity contribution is 5.98. The van der Waals surface area contributed by atoms with Crippen LogP contribution < -0.4 is 0 Å². The second kappa shape index (κ2) is 4.37. The first-order chi connectivity index (χ1) is 9.35. The molecule has 1 aromatic heterocycles. The van der Waals surface area contributed by atoms with Crippen LogP contribution in [0.15, 0.2) is 24.3 Å². The van der Waals surface area contributed by atoms with Gasteiger partial charge in [0.1, 0.15) is 5.69 Å². The summed E-state index contributed by atoms with van der Waals surface area (Å²) in [6.45, 7) is 10.4. The quantitative estimate of drug-likeness (QED) is 0.886. The summed E-state index contributed by atoms with van der Waals surface area (Å²) < 4.78 is 0. The number of likely N-dealkylation sites (tertiary alicyclic amines) is 1. The van der Waals surface area contributed by atoms with E-state index in [9.17, 15) is 4.79 Å². The Labute approximate surface area is 120 Å². The highest BCUT2D eigenvalue weighted by Crippen LogP contribution is 2.30. The third kappa shape index (κ3) is 2.21. The van der Waals surface area contributed by atoms with Gasteiger partial charge in [-0.05, 0) is 29.0 Å². The molecule has 0 saturated carbocycles. The van der Waals surface area contributed by atoms with Gasteiger partial charge in [0.15, 0.2) is 0 Å². The Morgan fingerprint density at radius 3 is 2.55 bits per heavy atom. The third-order valence-corrected chi connectivity index (χ3v) is 4.07. The zero-order chi connectivity index (χ0) is 14.5. The number of aromatic nitrogens is 1. The number of aromatic amines is 1. The summed E-state index contributed by atoms with van der Waals surface area (Å²) in [5.74, 6) is 0.615. The molecule has 1 N–H and O–H groups in total. The van der Waals surface area contributed by atoms with Gasteiger partial charge in [0.2, 0.25) is 0 Å². The van der Waals surface area contributed by atoms with Crippen LogP contribution in [0.2, 0.25) is 0 Å². The van der Waals surface area contributed by atoms with E-state index in [0.29, 0.717) is 11.6 Å². The van der Waals surface area contributed by atoms with Crippen LogP contribution in [-0.4, -0.2) is 28.9 Å². The van der Waals surface area contributed by atoms with Crippen molar-refractivity contribution in [1.29, 1.82) is 0 Å². The molecule has 106 valence electrons. The van der Waals surface area contributed by atoms with Crippen molar-refractivity contribution in [1.82, 2.24) is 9.88 Å². The molecule has 20 heavy (non-hydrogen) atoms. The number of fused-ring (bicyclic) bond motifs is 1. The summed E-state index contributed by atoms with van der Waals surface area (Å²) in [6, 6.07) is 8.35. The number of hydrogen-bond donors (Lipinski definition) is 1. The van der Waals surface area contributed by atoms with Crippen LogP contribution in [-0.2, 0) is 0 Å². The van der Waals surface area contributed by atoms with Crippen LogP contribution in [0.3, 0.4) is 0 Å². The number of H-pyrrole nitrogens is 1. The predicted octanol–water partition coefficient (Wildman–Crippen LogP) is 3.77. The maximum absolute atomic E-state index is 12.4. The molecule has 1 amide bonds. The van der Waals surface area contributed by atoms with Gasteiger partial charge in [0.25, 0.3) is 5.91 Å². The molecular weight excluding hydrogens is 248 g/mol. The van der Waals surface area contributed by atoms with Gasteiger partial charge in [-0.15, -0.1) is 0 Å². The fourth-order valence-corrected chi connectivity index (χ4v) is 2.92. The van der Waals surface area contributed by atoms with Crippen molar-refractivity contribution in [3.63, 3.8) is 0 Å². The Kier molecular flexibility index (Phi) is 2.89. The normalized spacial score (nSPS) is 17.6. The highest BCUT2D eigenvalue weighted by atomic mass is 16.2. The lowest BCUT2D eigenvalue weighted by atomic mass is 9.84. The van der Waals surface area contributed by atoms with Crippen LogP contribution in [0.5, 0.6) is 0 Å². The molecule has 0 unspecified atom stereocenters. The largest absolute Gasteiger partial charge is 0.351 e. The molecule has 1 aromatic carbocycles. The summed E-state index contributed by atoms with van der Waals surface area (Å²) in [5, 5.41) is 1.11. The molecule has 0 atom stereocenters. The van der Waals surface area contributed by atoms with Crippen LogP contribution in [0, 0.1) is 5.41 Å². The standard InChI is InChI=1S/C17H22N2O/c1-11(2)12-5-6-13-8-15(18-14(13)7-12)16(20)19-9-17(3,4)10-19/h5-8,11,18H,9-10H2,1-4H3. The average Bonchev–Trinajstić information content (AvgIpc) is 2.77. The molecular formula is C17H22N2O. The SMILES string of the molecule is CC(C)c1ccc2cc(C(=O)N3CC(C)(C)C3)[nH]c2c1. The van der Waals surface area contributed by atoms with Gasteiger partial charge in [-0.1, -0.05) is 39.8 Å². The van der Waals surface area contributed by atoms with E-state index in [2.05, 4.69) is 50.9 Å². The number of benzene rings is 1. The smallest absolute Gasteiger partial charge is 0.270 e. The second-order valence-corrected chi connectivity index (χ2v) is 7.01. The summed E-state index contributed by atoms with van der Waals surface area (Å²) >= 11 is 0. The summed E-state index contributed by atoms with van der Waals surface area (Å²) in [5.41, 5.74) is 3.33. The minimum atomic E-state index is 0.117. The van der Waals surface area contributed by atoms with Gasteiger partial charge < -0.3 is 9.88 Å². The van der Waals surface area contributed by atoms with E-state index in [-0.39, 0.29) is 11.3 Å². The van der Waals surface area contributed by atoms with E-state index in [1.54, 1.807) is 0 Å². The van der Waals surface area contributed by atoms with E-state index >= 15 is 0 Å². The average molecular weight is 270 g/mol. The summed E-state index contributed by atoms with van der Waals surface area (Å²) in [6.07, 6.45) is 0.